The standard InChI is InChI=1S/C20H22F3N3O2/c1-19(2)11-26(3)10-13-7-14(9-24-17(13)19)25-18(27)12-5-6-16(28-4)15(8-12)20(21,22)23/h5-9H,10-11H2,1-4H3,(H,25,27). The van der Waals surface area contributed by atoms with Crippen LogP contribution in [0, 0.1) is 0 Å². The molecule has 0 unspecified atom stereocenters. The van der Waals surface area contributed by atoms with Gasteiger partial charge in [-0.1, -0.05) is 13.8 Å². The minimum Gasteiger partial charge on any atom is -0.496 e. The molecular formula is C20H22F3N3O2. The number of ether oxygens (including phenoxy) is 1. The molecule has 1 aromatic carbocycles. The van der Waals surface area contributed by atoms with Crippen molar-refractivity contribution in [3.63, 3.8) is 0 Å². The molecule has 0 bridgehead atoms. The maximum absolute atomic E-state index is 13.2. The van der Waals surface area contributed by atoms with Crippen LogP contribution in [0.1, 0.15) is 41.0 Å². The second-order valence-corrected chi connectivity index (χ2v) is 7.65. The first-order valence-corrected chi connectivity index (χ1v) is 8.76. The molecule has 1 aliphatic rings. The number of carbonyl (C=O) groups excluding carboxylic acids is 1. The molecule has 1 amide bonds. The van der Waals surface area contributed by atoms with Crippen molar-refractivity contribution < 1.29 is 22.7 Å². The summed E-state index contributed by atoms with van der Waals surface area (Å²) in [6.45, 7) is 5.76. The summed E-state index contributed by atoms with van der Waals surface area (Å²) in [6.07, 6.45) is -3.08. The SMILES string of the molecule is COc1ccc(C(=O)Nc2cnc3c(c2)CN(C)CC3(C)C)cc1C(F)(F)F. The molecule has 0 saturated heterocycles. The van der Waals surface area contributed by atoms with E-state index in [2.05, 4.69) is 29.0 Å². The topological polar surface area (TPSA) is 54.5 Å². The van der Waals surface area contributed by atoms with Crippen LogP contribution in [0.25, 0.3) is 0 Å². The minimum atomic E-state index is -4.62. The first-order valence-electron chi connectivity index (χ1n) is 8.76. The van der Waals surface area contributed by atoms with Crippen molar-refractivity contribution in [1.29, 1.82) is 0 Å². The second-order valence-electron chi connectivity index (χ2n) is 7.65. The highest BCUT2D eigenvalue weighted by Crippen LogP contribution is 2.37. The summed E-state index contributed by atoms with van der Waals surface area (Å²) in [5.41, 5.74) is 1.18. The first-order chi connectivity index (χ1) is 13.0. The number of amides is 1. The fraction of sp³-hybridized carbons (Fsp3) is 0.400. The zero-order valence-electron chi connectivity index (χ0n) is 16.1. The van der Waals surface area contributed by atoms with E-state index in [1.807, 2.05) is 13.1 Å². The highest BCUT2D eigenvalue weighted by atomic mass is 19.4. The number of methoxy groups -OCH3 is 1. The Morgan fingerprint density at radius 3 is 2.64 bits per heavy atom. The monoisotopic (exact) mass is 393 g/mol. The van der Waals surface area contributed by atoms with Gasteiger partial charge in [0, 0.05) is 24.1 Å². The van der Waals surface area contributed by atoms with Gasteiger partial charge in [-0.3, -0.25) is 9.78 Å². The molecule has 0 fully saturated rings. The Balaban J connectivity index is 1.87. The molecule has 2 heterocycles. The van der Waals surface area contributed by atoms with Crippen molar-refractivity contribution in [2.75, 3.05) is 26.0 Å². The first kappa shape index (κ1) is 20.1. The average Bonchev–Trinajstić information content (AvgIpc) is 2.59. The number of hydrogen-bond acceptors (Lipinski definition) is 4. The largest absolute Gasteiger partial charge is 0.496 e. The average molecular weight is 393 g/mol. The summed E-state index contributed by atoms with van der Waals surface area (Å²) < 4.78 is 44.3. The number of rotatable bonds is 3. The number of likely N-dealkylation sites (N-methyl/N-ethyl adjacent to an activating group) is 1. The van der Waals surface area contributed by atoms with Crippen molar-refractivity contribution in [3.05, 3.63) is 52.8 Å². The van der Waals surface area contributed by atoms with Crippen LogP contribution in [0.3, 0.4) is 0 Å². The Morgan fingerprint density at radius 1 is 1.29 bits per heavy atom. The van der Waals surface area contributed by atoms with Crippen LogP contribution in [-0.2, 0) is 18.1 Å². The predicted octanol–water partition coefficient (Wildman–Crippen LogP) is 4.08. The normalized spacial score (nSPS) is 16.4. The van der Waals surface area contributed by atoms with Crippen molar-refractivity contribution in [3.8, 4) is 5.75 Å². The Morgan fingerprint density at radius 2 is 2.00 bits per heavy atom. The smallest absolute Gasteiger partial charge is 0.419 e. The maximum Gasteiger partial charge on any atom is 0.419 e. The summed E-state index contributed by atoms with van der Waals surface area (Å²) in [5, 5.41) is 2.64. The Hall–Kier alpha value is -2.61. The molecule has 0 radical (unpaired) electrons. The van der Waals surface area contributed by atoms with E-state index in [9.17, 15) is 18.0 Å². The van der Waals surface area contributed by atoms with Gasteiger partial charge in [-0.2, -0.15) is 13.2 Å². The van der Waals surface area contributed by atoms with Crippen LogP contribution in [0.15, 0.2) is 30.5 Å². The van der Waals surface area contributed by atoms with Crippen LogP contribution >= 0.6 is 0 Å². The molecule has 2 aromatic rings. The van der Waals surface area contributed by atoms with Crippen molar-refractivity contribution >= 4 is 11.6 Å². The lowest BCUT2D eigenvalue weighted by Crippen LogP contribution is -2.40. The Kier molecular flexibility index (Phi) is 5.10. The lowest BCUT2D eigenvalue weighted by molar-refractivity contribution is -0.138. The fourth-order valence-electron chi connectivity index (χ4n) is 3.68. The molecule has 0 atom stereocenters. The third kappa shape index (κ3) is 3.96. The number of fused-ring (bicyclic) bond motifs is 1. The van der Waals surface area contributed by atoms with Crippen LogP contribution in [0.2, 0.25) is 0 Å². The number of hydrogen-bond donors (Lipinski definition) is 1. The quantitative estimate of drug-likeness (QED) is 0.854. The lowest BCUT2D eigenvalue weighted by atomic mass is 9.82. The highest BCUT2D eigenvalue weighted by Gasteiger charge is 2.35. The zero-order chi connectivity index (χ0) is 20.7. The van der Waals surface area contributed by atoms with Crippen LogP contribution < -0.4 is 10.1 Å². The molecule has 0 saturated carbocycles. The fourth-order valence-corrected chi connectivity index (χ4v) is 3.68. The molecule has 8 heteroatoms. The van der Waals surface area contributed by atoms with Crippen LogP contribution in [0.5, 0.6) is 5.75 Å². The van der Waals surface area contributed by atoms with E-state index in [-0.39, 0.29) is 16.7 Å². The number of pyridine rings is 1. The number of nitrogens with one attached hydrogen (secondary N) is 1. The second kappa shape index (κ2) is 7.09. The molecule has 0 aliphatic carbocycles. The molecule has 28 heavy (non-hydrogen) atoms. The van der Waals surface area contributed by atoms with Crippen LogP contribution in [0.4, 0.5) is 18.9 Å². The summed E-state index contributed by atoms with van der Waals surface area (Å²) in [5.74, 6) is -0.969. The van der Waals surface area contributed by atoms with Crippen LogP contribution in [-0.4, -0.2) is 36.5 Å². The molecule has 0 spiro atoms. The number of alkyl halides is 3. The Labute approximate surface area is 161 Å². The lowest BCUT2D eigenvalue weighted by Gasteiger charge is -2.37. The number of aromatic nitrogens is 1. The van der Waals surface area contributed by atoms with E-state index >= 15 is 0 Å². The summed E-state index contributed by atoms with van der Waals surface area (Å²) in [4.78, 5) is 19.2. The van der Waals surface area contributed by atoms with E-state index in [0.717, 1.165) is 37.0 Å². The molecule has 1 N–H and O–H groups in total. The van der Waals surface area contributed by atoms with Gasteiger partial charge in [0.25, 0.3) is 5.91 Å². The highest BCUT2D eigenvalue weighted by molar-refractivity contribution is 6.04. The van der Waals surface area contributed by atoms with Crippen molar-refractivity contribution in [2.45, 2.75) is 32.0 Å². The van der Waals surface area contributed by atoms with Gasteiger partial charge in [0.2, 0.25) is 0 Å². The number of benzene rings is 1. The van der Waals surface area contributed by atoms with Crippen molar-refractivity contribution in [2.24, 2.45) is 0 Å². The molecule has 3 rings (SSSR count). The van der Waals surface area contributed by atoms with E-state index in [1.54, 1.807) is 0 Å². The maximum atomic E-state index is 13.2. The molecule has 1 aliphatic heterocycles. The third-order valence-corrected chi connectivity index (χ3v) is 4.74. The summed E-state index contributed by atoms with van der Waals surface area (Å²) >= 11 is 0. The van der Waals surface area contributed by atoms with Gasteiger partial charge in [-0.05, 0) is 36.9 Å². The van der Waals surface area contributed by atoms with Gasteiger partial charge in [-0.15, -0.1) is 0 Å². The van der Waals surface area contributed by atoms with E-state index in [4.69, 9.17) is 4.74 Å². The minimum absolute atomic E-state index is 0.108. The zero-order valence-corrected chi connectivity index (χ0v) is 16.1. The summed E-state index contributed by atoms with van der Waals surface area (Å²) in [7, 11) is 3.16. The van der Waals surface area contributed by atoms with Gasteiger partial charge < -0.3 is 15.0 Å². The van der Waals surface area contributed by atoms with Gasteiger partial charge in [0.1, 0.15) is 5.75 Å². The van der Waals surface area contributed by atoms with E-state index in [1.165, 1.54) is 12.3 Å². The van der Waals surface area contributed by atoms with Crippen molar-refractivity contribution in [1.82, 2.24) is 9.88 Å². The predicted molar refractivity (Wildman–Crippen MR) is 99.5 cm³/mol. The van der Waals surface area contributed by atoms with Gasteiger partial charge in [-0.25, -0.2) is 0 Å². The molecule has 1 aromatic heterocycles. The summed E-state index contributed by atoms with van der Waals surface area (Å²) in [6, 6.07) is 5.05. The number of halogens is 3. The molecule has 5 nitrogen and oxygen atoms in total. The molecular weight excluding hydrogens is 371 g/mol. The molecule has 150 valence electrons. The van der Waals surface area contributed by atoms with Gasteiger partial charge in [0.05, 0.1) is 30.3 Å². The number of carbonyl (C=O) groups is 1. The Bertz CT molecular complexity index is 910. The van der Waals surface area contributed by atoms with E-state index in [0.29, 0.717) is 12.2 Å². The van der Waals surface area contributed by atoms with Gasteiger partial charge >= 0.3 is 6.18 Å². The number of anilines is 1. The number of nitrogens with zero attached hydrogens (tertiary/aromatic N) is 2. The van der Waals surface area contributed by atoms with Gasteiger partial charge in [0.15, 0.2) is 0 Å². The third-order valence-electron chi connectivity index (χ3n) is 4.74. The van der Waals surface area contributed by atoms with E-state index < -0.39 is 17.6 Å².